The molecule has 0 spiro atoms. The molecule has 0 saturated carbocycles. The van der Waals surface area contributed by atoms with Crippen LogP contribution in [0, 0.1) is 0 Å². The number of H-pyrrole nitrogens is 1. The molecule has 2 aromatic carbocycles. The van der Waals surface area contributed by atoms with Crippen LogP contribution in [-0.2, 0) is 32.8 Å². The number of pyridine rings is 1. The van der Waals surface area contributed by atoms with Gasteiger partial charge in [-0.15, -0.1) is 0 Å². The zero-order chi connectivity index (χ0) is 40.3. The summed E-state index contributed by atoms with van der Waals surface area (Å²) in [5.41, 5.74) is 4.74. The quantitative estimate of drug-likeness (QED) is 0.0726. The maximum absolute atomic E-state index is 12.9. The van der Waals surface area contributed by atoms with Crippen molar-refractivity contribution in [2.45, 2.75) is 82.7 Å². The highest BCUT2D eigenvalue weighted by molar-refractivity contribution is 6.01. The molecular weight excluding hydrogens is 729 g/mol. The van der Waals surface area contributed by atoms with Crippen LogP contribution in [0.25, 0.3) is 22.0 Å². The number of likely N-dealkylation sites (tertiary alicyclic amines) is 1. The van der Waals surface area contributed by atoms with Crippen molar-refractivity contribution in [2.75, 3.05) is 45.7 Å². The SMILES string of the molecule is COc1cc(-c2cn(C)c(=O)c3[nH]ncc23)cc(OC)c1CNCC(=O)NCCCCCCCC(=O)N1CCC(c2ccc(NC3CCC(=O)NC3=O)cc2)CC1. The van der Waals surface area contributed by atoms with Crippen LogP contribution in [0.3, 0.4) is 0 Å². The predicted molar refractivity (Wildman–Crippen MR) is 217 cm³/mol. The van der Waals surface area contributed by atoms with Gasteiger partial charge < -0.3 is 34.9 Å². The number of anilines is 1. The van der Waals surface area contributed by atoms with Gasteiger partial charge in [-0.1, -0.05) is 31.4 Å². The number of rotatable bonds is 18. The number of hydrogen-bond acceptors (Lipinski definition) is 10. The fraction of sp³-hybridized carbons (Fsp3) is 0.476. The molecule has 2 aliphatic heterocycles. The summed E-state index contributed by atoms with van der Waals surface area (Å²) in [6.45, 7) is 2.61. The number of fused-ring (bicyclic) bond motifs is 1. The molecule has 2 aromatic heterocycles. The summed E-state index contributed by atoms with van der Waals surface area (Å²) in [4.78, 5) is 63.4. The Morgan fingerprint density at radius 1 is 0.930 bits per heavy atom. The van der Waals surface area contributed by atoms with Crippen LogP contribution < -0.4 is 36.3 Å². The molecule has 0 bridgehead atoms. The van der Waals surface area contributed by atoms with E-state index in [-0.39, 0.29) is 35.7 Å². The largest absolute Gasteiger partial charge is 0.496 e. The number of carbonyl (C=O) groups is 4. The molecule has 0 aliphatic carbocycles. The highest BCUT2D eigenvalue weighted by Gasteiger charge is 2.27. The number of aryl methyl sites for hydroxylation is 1. The number of aromatic nitrogens is 3. The van der Waals surface area contributed by atoms with Gasteiger partial charge in [-0.3, -0.25) is 34.4 Å². The number of carbonyl (C=O) groups excluding carboxylic acids is 4. The number of unbranched alkanes of at least 4 members (excludes halogenated alkanes) is 4. The van der Waals surface area contributed by atoms with Crippen LogP contribution in [-0.4, -0.2) is 89.7 Å². The monoisotopic (exact) mass is 782 g/mol. The second-order valence-electron chi connectivity index (χ2n) is 14.9. The van der Waals surface area contributed by atoms with E-state index in [1.54, 1.807) is 33.7 Å². The number of hydrogen-bond donors (Lipinski definition) is 5. The third-order valence-corrected chi connectivity index (χ3v) is 11.0. The lowest BCUT2D eigenvalue weighted by molar-refractivity contribution is -0.134. The van der Waals surface area contributed by atoms with Gasteiger partial charge in [0.25, 0.3) is 5.56 Å². The van der Waals surface area contributed by atoms with Crippen molar-refractivity contribution in [3.63, 3.8) is 0 Å². The molecule has 1 unspecified atom stereocenters. The van der Waals surface area contributed by atoms with E-state index in [0.29, 0.717) is 60.7 Å². The van der Waals surface area contributed by atoms with Gasteiger partial charge in [0.2, 0.25) is 23.6 Å². The maximum Gasteiger partial charge on any atom is 0.276 e. The molecule has 4 aromatic rings. The average molecular weight is 783 g/mol. The highest BCUT2D eigenvalue weighted by atomic mass is 16.5. The molecule has 2 fully saturated rings. The van der Waals surface area contributed by atoms with Gasteiger partial charge in [0.1, 0.15) is 23.1 Å². The maximum atomic E-state index is 12.9. The van der Waals surface area contributed by atoms with Gasteiger partial charge in [-0.2, -0.15) is 5.10 Å². The van der Waals surface area contributed by atoms with E-state index in [1.165, 1.54) is 10.1 Å². The van der Waals surface area contributed by atoms with Crippen LogP contribution in [0.5, 0.6) is 11.5 Å². The molecule has 1 atom stereocenters. The van der Waals surface area contributed by atoms with E-state index < -0.39 is 6.04 Å². The minimum absolute atomic E-state index is 0.0923. The van der Waals surface area contributed by atoms with Crippen molar-refractivity contribution in [1.29, 1.82) is 0 Å². The number of ether oxygens (including phenoxy) is 2. The molecule has 15 nitrogen and oxygen atoms in total. The Hall–Kier alpha value is -5.70. The topological polar surface area (TPSA) is 189 Å². The fourth-order valence-electron chi connectivity index (χ4n) is 7.72. The number of nitrogens with zero attached hydrogens (tertiary/aromatic N) is 3. The van der Waals surface area contributed by atoms with Crippen molar-refractivity contribution in [1.82, 2.24) is 35.6 Å². The van der Waals surface area contributed by atoms with Gasteiger partial charge in [0.05, 0.1) is 27.0 Å². The van der Waals surface area contributed by atoms with Crippen molar-refractivity contribution in [3.8, 4) is 22.6 Å². The lowest BCUT2D eigenvalue weighted by atomic mass is 9.89. The predicted octanol–water partition coefficient (Wildman–Crippen LogP) is 4.12. The van der Waals surface area contributed by atoms with Crippen molar-refractivity contribution >= 4 is 40.2 Å². The Bertz CT molecular complexity index is 2080. The summed E-state index contributed by atoms with van der Waals surface area (Å²) in [7, 11) is 4.86. The molecule has 6 rings (SSSR count). The minimum atomic E-state index is -0.400. The first-order valence-electron chi connectivity index (χ1n) is 19.9. The second kappa shape index (κ2) is 19.4. The smallest absolute Gasteiger partial charge is 0.276 e. The number of benzene rings is 2. The lowest BCUT2D eigenvalue weighted by Gasteiger charge is -2.32. The normalized spacial score (nSPS) is 16.1. The summed E-state index contributed by atoms with van der Waals surface area (Å²) in [5, 5.41) is 19.3. The summed E-state index contributed by atoms with van der Waals surface area (Å²) in [6, 6.07) is 11.5. The third kappa shape index (κ3) is 10.4. The number of amides is 4. The van der Waals surface area contributed by atoms with Crippen LogP contribution in [0.15, 0.2) is 53.6 Å². The number of piperidine rings is 2. The summed E-state index contributed by atoms with van der Waals surface area (Å²) >= 11 is 0. The molecule has 5 N–H and O–H groups in total. The molecule has 2 saturated heterocycles. The van der Waals surface area contributed by atoms with Crippen molar-refractivity contribution < 1.29 is 28.7 Å². The third-order valence-electron chi connectivity index (χ3n) is 11.0. The molecule has 304 valence electrons. The first-order valence-corrected chi connectivity index (χ1v) is 19.9. The van der Waals surface area contributed by atoms with E-state index in [0.717, 1.165) is 80.4 Å². The Balaban J connectivity index is 0.829. The molecule has 15 heteroatoms. The second-order valence-corrected chi connectivity index (χ2v) is 14.9. The highest BCUT2D eigenvalue weighted by Crippen LogP contribution is 2.37. The number of nitrogens with one attached hydrogen (secondary N) is 5. The number of aromatic amines is 1. The van der Waals surface area contributed by atoms with Gasteiger partial charge >= 0.3 is 0 Å². The molecule has 57 heavy (non-hydrogen) atoms. The zero-order valence-electron chi connectivity index (χ0n) is 33.1. The van der Waals surface area contributed by atoms with Crippen LogP contribution in [0.2, 0.25) is 0 Å². The van der Waals surface area contributed by atoms with Crippen LogP contribution in [0.4, 0.5) is 5.69 Å². The van der Waals surface area contributed by atoms with Crippen LogP contribution in [0.1, 0.15) is 81.3 Å². The van der Waals surface area contributed by atoms with Gasteiger partial charge in [-0.25, -0.2) is 0 Å². The fourth-order valence-corrected chi connectivity index (χ4v) is 7.72. The first kappa shape index (κ1) is 40.9. The van der Waals surface area contributed by atoms with Crippen molar-refractivity contribution in [3.05, 3.63) is 70.3 Å². The number of methoxy groups -OCH3 is 2. The van der Waals surface area contributed by atoms with E-state index in [4.69, 9.17) is 9.47 Å². The summed E-state index contributed by atoms with van der Waals surface area (Å²) < 4.78 is 12.9. The van der Waals surface area contributed by atoms with E-state index in [9.17, 15) is 24.0 Å². The number of imide groups is 1. The Morgan fingerprint density at radius 3 is 2.33 bits per heavy atom. The van der Waals surface area contributed by atoms with Crippen molar-refractivity contribution in [2.24, 2.45) is 7.05 Å². The molecule has 2 aliphatic rings. The Labute approximate surface area is 332 Å². The molecule has 4 amide bonds. The van der Waals surface area contributed by atoms with Gasteiger partial charge in [0, 0.05) is 74.5 Å². The molecular formula is C42H54N8O7. The lowest BCUT2D eigenvalue weighted by Crippen LogP contribution is -2.47. The van der Waals surface area contributed by atoms with Gasteiger partial charge in [0.15, 0.2) is 0 Å². The van der Waals surface area contributed by atoms with E-state index in [2.05, 4.69) is 43.6 Å². The standard InChI is InChI=1S/C42H54N8O7/c1-49-26-33(31-24-45-48-40(31)42(49)55)29-21-35(56-2)32(36(22-29)57-3)23-43-25-38(52)44-18-8-6-4-5-7-9-39(53)50-19-16-28(17-20-50)27-10-12-30(13-11-27)46-34-14-15-37(51)47-41(34)54/h10-13,21-22,24,26,28,34,43,46H,4-9,14-20,23,25H2,1-3H3,(H,44,52)(H,45,48)(H,47,51,54). The molecule has 4 heterocycles. The Morgan fingerprint density at radius 2 is 1.63 bits per heavy atom. The van der Waals surface area contributed by atoms with E-state index >= 15 is 0 Å². The van der Waals surface area contributed by atoms with E-state index in [1.807, 2.05) is 29.2 Å². The average Bonchev–Trinajstić information content (AvgIpc) is 3.72. The van der Waals surface area contributed by atoms with Gasteiger partial charge in [-0.05, 0) is 73.4 Å². The Kier molecular flexibility index (Phi) is 14.0. The summed E-state index contributed by atoms with van der Waals surface area (Å²) in [5.74, 6) is 1.22. The first-order chi connectivity index (χ1) is 27.6. The van der Waals surface area contributed by atoms with Crippen LogP contribution >= 0.6 is 0 Å². The molecule has 0 radical (unpaired) electrons. The zero-order valence-corrected chi connectivity index (χ0v) is 33.1. The summed E-state index contributed by atoms with van der Waals surface area (Å²) in [6.07, 6.45) is 11.4. The minimum Gasteiger partial charge on any atom is -0.496 e.